The van der Waals surface area contributed by atoms with Crippen molar-refractivity contribution in [2.75, 3.05) is 6.54 Å². The van der Waals surface area contributed by atoms with E-state index in [4.69, 9.17) is 0 Å². The number of carbonyl (C=O) groups excluding carboxylic acids is 1. The van der Waals surface area contributed by atoms with E-state index >= 15 is 0 Å². The average Bonchev–Trinajstić information content (AvgIpc) is 3.03. The summed E-state index contributed by atoms with van der Waals surface area (Å²) >= 11 is 0. The number of aryl methyl sites for hydroxylation is 2. The molecule has 1 fully saturated rings. The standard InChI is InChI=1S/C21H32N4O/c1-3-4-6-17-8-10-19(11-9-17)21(26)22-12-5-7-18-14-23-20-13-16(2)24-25(20)15-18/h13-15,17,19H,3-12H2,1-2H3,(H,22,26). The summed E-state index contributed by atoms with van der Waals surface area (Å²) in [5, 5.41) is 7.54. The molecule has 1 saturated carbocycles. The van der Waals surface area contributed by atoms with E-state index in [1.165, 1.54) is 32.1 Å². The molecule has 142 valence electrons. The van der Waals surface area contributed by atoms with Gasteiger partial charge in [0.15, 0.2) is 5.65 Å². The number of aromatic nitrogens is 3. The van der Waals surface area contributed by atoms with E-state index in [-0.39, 0.29) is 11.8 Å². The number of hydrogen-bond acceptors (Lipinski definition) is 3. The van der Waals surface area contributed by atoms with Crippen LogP contribution < -0.4 is 5.32 Å². The summed E-state index contributed by atoms with van der Waals surface area (Å²) < 4.78 is 1.83. The number of carbonyl (C=O) groups is 1. The Morgan fingerprint density at radius 3 is 2.85 bits per heavy atom. The minimum atomic E-state index is 0.234. The van der Waals surface area contributed by atoms with Crippen molar-refractivity contribution in [1.82, 2.24) is 19.9 Å². The van der Waals surface area contributed by atoms with Crippen LogP contribution in [-0.4, -0.2) is 27.0 Å². The molecule has 0 radical (unpaired) electrons. The Morgan fingerprint density at radius 2 is 2.08 bits per heavy atom. The van der Waals surface area contributed by atoms with Gasteiger partial charge in [-0.05, 0) is 56.9 Å². The third kappa shape index (κ3) is 5.05. The molecule has 0 bridgehead atoms. The first-order chi connectivity index (χ1) is 12.7. The second-order valence-electron chi connectivity index (χ2n) is 7.81. The first-order valence-corrected chi connectivity index (χ1v) is 10.2. The zero-order chi connectivity index (χ0) is 18.4. The lowest BCUT2D eigenvalue weighted by molar-refractivity contribution is -0.126. The van der Waals surface area contributed by atoms with Gasteiger partial charge >= 0.3 is 0 Å². The molecular formula is C21H32N4O. The van der Waals surface area contributed by atoms with E-state index in [9.17, 15) is 4.79 Å². The van der Waals surface area contributed by atoms with E-state index in [0.717, 1.165) is 55.1 Å². The van der Waals surface area contributed by atoms with Crippen molar-refractivity contribution in [2.24, 2.45) is 11.8 Å². The molecule has 0 atom stereocenters. The highest BCUT2D eigenvalue weighted by atomic mass is 16.1. The Hall–Kier alpha value is -1.91. The monoisotopic (exact) mass is 356 g/mol. The quantitative estimate of drug-likeness (QED) is 0.725. The third-order valence-electron chi connectivity index (χ3n) is 5.61. The molecule has 1 N–H and O–H groups in total. The van der Waals surface area contributed by atoms with Crippen molar-refractivity contribution in [3.05, 3.63) is 29.7 Å². The lowest BCUT2D eigenvalue weighted by Crippen LogP contribution is -2.34. The van der Waals surface area contributed by atoms with Gasteiger partial charge in [0.05, 0.1) is 5.69 Å². The normalized spacial score (nSPS) is 20.4. The third-order valence-corrected chi connectivity index (χ3v) is 5.61. The molecule has 5 heteroatoms. The second-order valence-corrected chi connectivity index (χ2v) is 7.81. The molecule has 0 unspecified atom stereocenters. The van der Waals surface area contributed by atoms with Gasteiger partial charge in [0.2, 0.25) is 5.91 Å². The molecular weight excluding hydrogens is 324 g/mol. The fourth-order valence-electron chi connectivity index (χ4n) is 4.02. The lowest BCUT2D eigenvalue weighted by Gasteiger charge is -2.27. The Balaban J connectivity index is 1.36. The van der Waals surface area contributed by atoms with Crippen LogP contribution >= 0.6 is 0 Å². The largest absolute Gasteiger partial charge is 0.356 e. The molecule has 2 heterocycles. The SMILES string of the molecule is CCCCC1CCC(C(=O)NCCCc2cnc3cc(C)nn3c2)CC1. The van der Waals surface area contributed by atoms with Crippen LogP contribution in [0.3, 0.4) is 0 Å². The van der Waals surface area contributed by atoms with Gasteiger partial charge in [-0.25, -0.2) is 9.50 Å². The van der Waals surface area contributed by atoms with Crippen LogP contribution in [0, 0.1) is 18.8 Å². The molecule has 1 amide bonds. The number of unbranched alkanes of at least 4 members (excludes halogenated alkanes) is 1. The number of nitrogens with zero attached hydrogens (tertiary/aromatic N) is 3. The fourth-order valence-corrected chi connectivity index (χ4v) is 4.02. The van der Waals surface area contributed by atoms with E-state index in [0.29, 0.717) is 0 Å². The minimum absolute atomic E-state index is 0.234. The highest BCUT2D eigenvalue weighted by Crippen LogP contribution is 2.31. The minimum Gasteiger partial charge on any atom is -0.356 e. The maximum absolute atomic E-state index is 12.4. The molecule has 3 rings (SSSR count). The number of hydrogen-bond donors (Lipinski definition) is 1. The van der Waals surface area contributed by atoms with Gasteiger partial charge in [-0.3, -0.25) is 4.79 Å². The fraction of sp³-hybridized carbons (Fsp3) is 0.667. The summed E-state index contributed by atoms with van der Waals surface area (Å²) in [6.07, 6.45) is 14.3. The summed E-state index contributed by atoms with van der Waals surface area (Å²) in [4.78, 5) is 16.8. The Morgan fingerprint density at radius 1 is 1.27 bits per heavy atom. The van der Waals surface area contributed by atoms with Gasteiger partial charge in [0.1, 0.15) is 0 Å². The Kier molecular flexibility index (Phi) is 6.64. The number of rotatable bonds is 8. The summed E-state index contributed by atoms with van der Waals surface area (Å²) in [7, 11) is 0. The Bertz CT molecular complexity index is 716. The molecule has 1 aliphatic carbocycles. The topological polar surface area (TPSA) is 59.3 Å². The number of nitrogens with one attached hydrogen (secondary N) is 1. The van der Waals surface area contributed by atoms with Gasteiger partial charge in [-0.2, -0.15) is 5.10 Å². The molecule has 0 aliphatic heterocycles. The first kappa shape index (κ1) is 18.9. The molecule has 26 heavy (non-hydrogen) atoms. The lowest BCUT2D eigenvalue weighted by atomic mass is 9.79. The number of fused-ring (bicyclic) bond motifs is 1. The molecule has 5 nitrogen and oxygen atoms in total. The Labute approximate surface area is 156 Å². The van der Waals surface area contributed by atoms with Gasteiger partial charge < -0.3 is 5.32 Å². The van der Waals surface area contributed by atoms with Crippen molar-refractivity contribution in [2.45, 2.75) is 71.6 Å². The van der Waals surface area contributed by atoms with Crippen molar-refractivity contribution in [3.63, 3.8) is 0 Å². The van der Waals surface area contributed by atoms with E-state index in [1.54, 1.807) is 0 Å². The zero-order valence-electron chi connectivity index (χ0n) is 16.2. The van der Waals surface area contributed by atoms with Crippen molar-refractivity contribution < 1.29 is 4.79 Å². The second kappa shape index (κ2) is 9.15. The van der Waals surface area contributed by atoms with Crippen LogP contribution in [0.4, 0.5) is 0 Å². The van der Waals surface area contributed by atoms with Crippen LogP contribution in [0.2, 0.25) is 0 Å². The van der Waals surface area contributed by atoms with E-state index < -0.39 is 0 Å². The summed E-state index contributed by atoms with van der Waals surface area (Å²) in [5.74, 6) is 1.35. The number of amides is 1. The molecule has 2 aromatic rings. The molecule has 0 aromatic carbocycles. The van der Waals surface area contributed by atoms with Crippen molar-refractivity contribution in [3.8, 4) is 0 Å². The summed E-state index contributed by atoms with van der Waals surface area (Å²) in [6.45, 7) is 4.97. The highest BCUT2D eigenvalue weighted by molar-refractivity contribution is 5.78. The average molecular weight is 357 g/mol. The van der Waals surface area contributed by atoms with Crippen LogP contribution in [-0.2, 0) is 11.2 Å². The smallest absolute Gasteiger partial charge is 0.223 e. The van der Waals surface area contributed by atoms with E-state index in [2.05, 4.69) is 22.3 Å². The van der Waals surface area contributed by atoms with E-state index in [1.807, 2.05) is 29.9 Å². The van der Waals surface area contributed by atoms with Crippen LogP contribution in [0.15, 0.2) is 18.5 Å². The molecule has 0 spiro atoms. The summed E-state index contributed by atoms with van der Waals surface area (Å²) in [6, 6.07) is 1.97. The molecule has 0 saturated heterocycles. The molecule has 1 aliphatic rings. The van der Waals surface area contributed by atoms with Crippen molar-refractivity contribution in [1.29, 1.82) is 0 Å². The predicted molar refractivity (Wildman–Crippen MR) is 104 cm³/mol. The maximum atomic E-state index is 12.4. The zero-order valence-corrected chi connectivity index (χ0v) is 16.2. The van der Waals surface area contributed by atoms with Gasteiger partial charge in [-0.15, -0.1) is 0 Å². The van der Waals surface area contributed by atoms with Crippen molar-refractivity contribution >= 4 is 11.6 Å². The van der Waals surface area contributed by atoms with Gasteiger partial charge in [0.25, 0.3) is 0 Å². The maximum Gasteiger partial charge on any atom is 0.223 e. The van der Waals surface area contributed by atoms with Gasteiger partial charge in [0, 0.05) is 30.9 Å². The first-order valence-electron chi connectivity index (χ1n) is 10.2. The molecule has 2 aromatic heterocycles. The summed E-state index contributed by atoms with van der Waals surface area (Å²) in [5.41, 5.74) is 3.02. The van der Waals surface area contributed by atoms with Crippen LogP contribution in [0.25, 0.3) is 5.65 Å². The highest BCUT2D eigenvalue weighted by Gasteiger charge is 2.25. The predicted octanol–water partition coefficient (Wildman–Crippen LogP) is 4.08. The van der Waals surface area contributed by atoms with Crippen LogP contribution in [0.5, 0.6) is 0 Å². The van der Waals surface area contributed by atoms with Crippen LogP contribution in [0.1, 0.15) is 69.5 Å². The van der Waals surface area contributed by atoms with Gasteiger partial charge in [-0.1, -0.05) is 26.2 Å².